The number of hydrogen-bond acceptors (Lipinski definition) is 6. The summed E-state index contributed by atoms with van der Waals surface area (Å²) >= 11 is 0. The Morgan fingerprint density at radius 1 is 1.03 bits per heavy atom. The second kappa shape index (κ2) is 8.72. The molecule has 1 aliphatic heterocycles. The summed E-state index contributed by atoms with van der Waals surface area (Å²) in [5.74, 6) is -1.05. The quantitative estimate of drug-likeness (QED) is 0.725. The molecule has 0 bridgehead atoms. The van der Waals surface area contributed by atoms with Crippen LogP contribution in [0.2, 0.25) is 0 Å². The van der Waals surface area contributed by atoms with E-state index in [1.807, 2.05) is 31.1 Å². The maximum absolute atomic E-state index is 12.9. The van der Waals surface area contributed by atoms with Crippen molar-refractivity contribution in [3.8, 4) is 0 Å². The molecule has 0 N–H and O–H groups in total. The Bertz CT molecular complexity index is 883. The molecule has 2 aromatic rings. The molecule has 1 aromatic carbocycles. The molecule has 0 aliphatic carbocycles. The Labute approximate surface area is 169 Å². The van der Waals surface area contributed by atoms with Crippen LogP contribution in [0.15, 0.2) is 48.8 Å². The highest BCUT2D eigenvalue weighted by Gasteiger charge is 2.38. The van der Waals surface area contributed by atoms with Crippen molar-refractivity contribution in [1.29, 1.82) is 0 Å². The molecule has 8 nitrogen and oxygen atoms in total. The van der Waals surface area contributed by atoms with Crippen LogP contribution in [0.1, 0.15) is 20.7 Å². The van der Waals surface area contributed by atoms with Crippen molar-refractivity contribution < 1.29 is 19.1 Å². The van der Waals surface area contributed by atoms with Gasteiger partial charge in [-0.2, -0.15) is 0 Å². The maximum atomic E-state index is 12.9. The summed E-state index contributed by atoms with van der Waals surface area (Å²) in [6, 6.07) is 9.70. The molecule has 1 saturated heterocycles. The average Bonchev–Trinajstić information content (AvgIpc) is 2.77. The van der Waals surface area contributed by atoms with E-state index < -0.39 is 12.0 Å². The van der Waals surface area contributed by atoms with E-state index in [9.17, 15) is 14.4 Å². The number of carbonyl (C=O) groups excluding carboxylic acids is 3. The van der Waals surface area contributed by atoms with Gasteiger partial charge >= 0.3 is 5.97 Å². The Kier molecular flexibility index (Phi) is 6.11. The van der Waals surface area contributed by atoms with Crippen molar-refractivity contribution in [2.45, 2.75) is 6.04 Å². The van der Waals surface area contributed by atoms with Gasteiger partial charge < -0.3 is 19.4 Å². The smallest absolute Gasteiger partial charge is 0.330 e. The number of aromatic nitrogens is 1. The number of nitrogens with zero attached hydrogens (tertiary/aromatic N) is 4. The van der Waals surface area contributed by atoms with E-state index >= 15 is 0 Å². The molecule has 0 saturated carbocycles. The Morgan fingerprint density at radius 3 is 2.34 bits per heavy atom. The van der Waals surface area contributed by atoms with E-state index in [0.29, 0.717) is 17.7 Å². The highest BCUT2D eigenvalue weighted by molar-refractivity contribution is 5.98. The Balaban J connectivity index is 1.78. The van der Waals surface area contributed by atoms with Gasteiger partial charge in [-0.3, -0.25) is 14.6 Å². The van der Waals surface area contributed by atoms with Gasteiger partial charge in [-0.1, -0.05) is 0 Å². The van der Waals surface area contributed by atoms with Crippen molar-refractivity contribution in [3.05, 3.63) is 59.9 Å². The summed E-state index contributed by atoms with van der Waals surface area (Å²) in [6.45, 7) is 0.635. The van der Waals surface area contributed by atoms with E-state index in [-0.39, 0.29) is 24.9 Å². The summed E-state index contributed by atoms with van der Waals surface area (Å²) < 4.78 is 4.89. The number of anilines is 1. The lowest BCUT2D eigenvalue weighted by Gasteiger charge is -2.39. The number of esters is 1. The first kappa shape index (κ1) is 20.3. The average molecular weight is 396 g/mol. The van der Waals surface area contributed by atoms with Crippen LogP contribution in [-0.2, 0) is 9.53 Å². The third-order valence-corrected chi connectivity index (χ3v) is 4.94. The molecule has 29 heavy (non-hydrogen) atoms. The number of rotatable bonds is 4. The van der Waals surface area contributed by atoms with E-state index in [2.05, 4.69) is 4.98 Å². The van der Waals surface area contributed by atoms with Gasteiger partial charge in [-0.25, -0.2) is 4.79 Å². The molecule has 3 rings (SSSR count). The number of benzene rings is 1. The SMILES string of the molecule is COC(=O)C1CN(C(=O)c2ccc(N(C)C)cc2)CCN1C(=O)c1cccnc1. The van der Waals surface area contributed by atoms with Gasteiger partial charge in [-0.05, 0) is 36.4 Å². The van der Waals surface area contributed by atoms with Crippen LogP contribution in [0, 0.1) is 0 Å². The van der Waals surface area contributed by atoms with E-state index in [1.165, 1.54) is 18.2 Å². The van der Waals surface area contributed by atoms with E-state index in [0.717, 1.165) is 5.69 Å². The van der Waals surface area contributed by atoms with Crippen molar-refractivity contribution in [3.63, 3.8) is 0 Å². The van der Waals surface area contributed by atoms with Crippen LogP contribution >= 0.6 is 0 Å². The first-order valence-electron chi connectivity index (χ1n) is 9.28. The predicted molar refractivity (Wildman–Crippen MR) is 108 cm³/mol. The summed E-state index contributed by atoms with van der Waals surface area (Å²) in [5, 5.41) is 0. The fraction of sp³-hybridized carbons (Fsp3) is 0.333. The monoisotopic (exact) mass is 396 g/mol. The normalized spacial score (nSPS) is 16.3. The number of ether oxygens (including phenoxy) is 1. The highest BCUT2D eigenvalue weighted by atomic mass is 16.5. The number of methoxy groups -OCH3 is 1. The van der Waals surface area contributed by atoms with Crippen LogP contribution in [0.4, 0.5) is 5.69 Å². The third kappa shape index (κ3) is 4.37. The Hall–Kier alpha value is -3.42. The van der Waals surface area contributed by atoms with E-state index in [1.54, 1.807) is 35.4 Å². The standard InChI is InChI=1S/C21H24N4O4/c1-23(2)17-8-6-15(7-9-17)19(26)24-11-12-25(18(14-24)21(28)29-3)20(27)16-5-4-10-22-13-16/h4-10,13,18H,11-12,14H2,1-3H3. The molecule has 8 heteroatoms. The van der Waals surface area contributed by atoms with Crippen molar-refractivity contribution in [1.82, 2.24) is 14.8 Å². The molecule has 0 radical (unpaired) electrons. The molecule has 2 amide bonds. The molecular formula is C21H24N4O4. The minimum absolute atomic E-state index is 0.0763. The number of pyridine rings is 1. The van der Waals surface area contributed by atoms with Crippen LogP contribution in [0.25, 0.3) is 0 Å². The lowest BCUT2D eigenvalue weighted by atomic mass is 10.1. The highest BCUT2D eigenvalue weighted by Crippen LogP contribution is 2.19. The first-order valence-corrected chi connectivity index (χ1v) is 9.28. The second-order valence-electron chi connectivity index (χ2n) is 6.97. The zero-order valence-corrected chi connectivity index (χ0v) is 16.7. The molecule has 152 valence electrons. The predicted octanol–water partition coefficient (Wildman–Crippen LogP) is 1.29. The summed E-state index contributed by atoms with van der Waals surface area (Å²) in [7, 11) is 5.13. The molecule has 1 unspecified atom stereocenters. The number of carbonyl (C=O) groups is 3. The van der Waals surface area contributed by atoms with Crippen LogP contribution in [-0.4, -0.2) is 79.4 Å². The molecule has 1 fully saturated rings. The zero-order valence-electron chi connectivity index (χ0n) is 16.7. The van der Waals surface area contributed by atoms with Gasteiger partial charge in [0.15, 0.2) is 0 Å². The van der Waals surface area contributed by atoms with Crippen LogP contribution < -0.4 is 4.90 Å². The number of amides is 2. The minimum atomic E-state index is -0.869. The molecule has 1 atom stereocenters. The van der Waals surface area contributed by atoms with Crippen LogP contribution in [0.3, 0.4) is 0 Å². The topological polar surface area (TPSA) is 83.0 Å². The number of piperazine rings is 1. The van der Waals surface area contributed by atoms with Gasteiger partial charge in [0.25, 0.3) is 11.8 Å². The molecule has 1 aromatic heterocycles. The largest absolute Gasteiger partial charge is 0.467 e. The van der Waals surface area contributed by atoms with Gasteiger partial charge in [0.1, 0.15) is 6.04 Å². The van der Waals surface area contributed by atoms with Gasteiger partial charge in [0, 0.05) is 50.8 Å². The van der Waals surface area contributed by atoms with E-state index in [4.69, 9.17) is 4.74 Å². The molecule has 0 spiro atoms. The molecular weight excluding hydrogens is 372 g/mol. The summed E-state index contributed by atoms with van der Waals surface area (Å²) in [6.07, 6.45) is 3.03. The lowest BCUT2D eigenvalue weighted by molar-refractivity contribution is -0.147. The van der Waals surface area contributed by atoms with Crippen molar-refractivity contribution in [2.24, 2.45) is 0 Å². The van der Waals surface area contributed by atoms with Gasteiger partial charge in [-0.15, -0.1) is 0 Å². The maximum Gasteiger partial charge on any atom is 0.330 e. The third-order valence-electron chi connectivity index (χ3n) is 4.94. The number of hydrogen-bond donors (Lipinski definition) is 0. The summed E-state index contributed by atoms with van der Waals surface area (Å²) in [5.41, 5.74) is 1.91. The van der Waals surface area contributed by atoms with Crippen LogP contribution in [0.5, 0.6) is 0 Å². The first-order chi connectivity index (χ1) is 13.9. The van der Waals surface area contributed by atoms with Crippen molar-refractivity contribution >= 4 is 23.5 Å². The fourth-order valence-corrected chi connectivity index (χ4v) is 3.29. The lowest BCUT2D eigenvalue weighted by Crippen LogP contribution is -2.59. The van der Waals surface area contributed by atoms with Gasteiger partial charge in [0.05, 0.1) is 19.2 Å². The molecule has 1 aliphatic rings. The van der Waals surface area contributed by atoms with Crippen molar-refractivity contribution in [2.75, 3.05) is 45.7 Å². The Morgan fingerprint density at radius 2 is 1.76 bits per heavy atom. The fourth-order valence-electron chi connectivity index (χ4n) is 3.29. The molecule has 2 heterocycles. The van der Waals surface area contributed by atoms with Gasteiger partial charge in [0.2, 0.25) is 0 Å². The minimum Gasteiger partial charge on any atom is -0.467 e. The summed E-state index contributed by atoms with van der Waals surface area (Å²) in [4.78, 5) is 47.1. The zero-order chi connectivity index (χ0) is 21.0. The second-order valence-corrected chi connectivity index (χ2v) is 6.97.